The van der Waals surface area contributed by atoms with Crippen molar-refractivity contribution < 1.29 is 23.8 Å². The van der Waals surface area contributed by atoms with Gasteiger partial charge in [-0.15, -0.1) is 10.2 Å². The van der Waals surface area contributed by atoms with Crippen LogP contribution in [0.2, 0.25) is 0 Å². The molecule has 0 aliphatic carbocycles. The van der Waals surface area contributed by atoms with Crippen molar-refractivity contribution in [3.05, 3.63) is 47.0 Å². The van der Waals surface area contributed by atoms with Gasteiger partial charge < -0.3 is 9.84 Å². The lowest BCUT2D eigenvalue weighted by molar-refractivity contribution is -0.147. The number of aliphatic carboxylic acids is 1. The van der Waals surface area contributed by atoms with Crippen LogP contribution in [0.15, 0.2) is 29.8 Å². The number of piperidine rings is 1. The van der Waals surface area contributed by atoms with E-state index in [9.17, 15) is 14.0 Å². The van der Waals surface area contributed by atoms with Gasteiger partial charge in [-0.25, -0.2) is 9.18 Å². The summed E-state index contributed by atoms with van der Waals surface area (Å²) in [6.07, 6.45) is 2.23. The van der Waals surface area contributed by atoms with Crippen LogP contribution in [-0.2, 0) is 20.9 Å². The van der Waals surface area contributed by atoms with E-state index < -0.39 is 23.8 Å². The third-order valence-corrected chi connectivity index (χ3v) is 5.39. The van der Waals surface area contributed by atoms with Crippen LogP contribution < -0.4 is 0 Å². The molecular weight excluding hydrogens is 413 g/mol. The summed E-state index contributed by atoms with van der Waals surface area (Å²) in [5.74, 6) is -1.66. The quantitative estimate of drug-likeness (QED) is 0.498. The van der Waals surface area contributed by atoms with E-state index in [-0.39, 0.29) is 23.8 Å². The van der Waals surface area contributed by atoms with Crippen LogP contribution in [0.5, 0.6) is 0 Å². The molecule has 0 saturated carbocycles. The maximum Gasteiger partial charge on any atom is 0.327 e. The van der Waals surface area contributed by atoms with Crippen molar-refractivity contribution in [2.45, 2.75) is 30.7 Å². The Bertz CT molecular complexity index is 951. The number of likely N-dealkylation sites (tertiary alicyclic amines) is 1. The molecule has 1 aliphatic rings. The summed E-state index contributed by atoms with van der Waals surface area (Å²) in [6.45, 7) is 0.976. The van der Waals surface area contributed by atoms with Crippen LogP contribution in [0, 0.1) is 5.82 Å². The molecule has 0 spiro atoms. The summed E-state index contributed by atoms with van der Waals surface area (Å²) in [7, 11) is 1.28. The van der Waals surface area contributed by atoms with Gasteiger partial charge >= 0.3 is 11.9 Å². The molecule has 9 nitrogen and oxygen atoms in total. The van der Waals surface area contributed by atoms with Crippen molar-refractivity contribution in [2.75, 3.05) is 20.2 Å². The Kier molecular flexibility index (Phi) is 7.16. The van der Waals surface area contributed by atoms with Crippen molar-refractivity contribution in [2.24, 2.45) is 0 Å². The molecule has 1 fully saturated rings. The van der Waals surface area contributed by atoms with Crippen LogP contribution in [0.3, 0.4) is 0 Å². The number of benzene rings is 1. The van der Waals surface area contributed by atoms with Gasteiger partial charge in [-0.2, -0.15) is 17.4 Å². The zero-order valence-electron chi connectivity index (χ0n) is 16.3. The number of halogens is 1. The van der Waals surface area contributed by atoms with E-state index in [1.54, 1.807) is 24.3 Å². The number of methoxy groups -OCH3 is 1. The number of carbonyl (C=O) groups is 2. The number of carboxylic acid groups (broad SMARTS) is 1. The first-order valence-electron chi connectivity index (χ1n) is 9.33. The lowest BCUT2D eigenvalue weighted by Gasteiger charge is -2.36. The number of ether oxygens (including phenoxy) is 1. The maximum atomic E-state index is 14.4. The number of aryl methyl sites for hydroxylation is 1. The smallest absolute Gasteiger partial charge is 0.327 e. The first-order chi connectivity index (χ1) is 14.4. The minimum absolute atomic E-state index is 0.0915. The molecule has 11 heteroatoms. The molecule has 2 heterocycles. The topological polar surface area (TPSA) is 110 Å². The molecule has 1 saturated heterocycles. The van der Waals surface area contributed by atoms with E-state index in [4.69, 9.17) is 9.84 Å². The predicted molar refractivity (Wildman–Crippen MR) is 108 cm³/mol. The van der Waals surface area contributed by atoms with E-state index in [0.29, 0.717) is 25.3 Å². The third-order valence-electron chi connectivity index (χ3n) is 4.80. The van der Waals surface area contributed by atoms with E-state index >= 15 is 0 Å². The summed E-state index contributed by atoms with van der Waals surface area (Å²) in [5.41, 5.74) is 1.09. The minimum Gasteiger partial charge on any atom is -0.481 e. The highest BCUT2D eigenvalue weighted by atomic mass is 32.1. The molecule has 2 aromatic rings. The fraction of sp³-hybridized carbons (Fsp3) is 0.421. The molecule has 0 amide bonds. The molecule has 2 atom stereocenters. The van der Waals surface area contributed by atoms with Crippen molar-refractivity contribution in [1.82, 2.24) is 25.1 Å². The molecule has 3 rings (SSSR count). The normalized spacial score (nSPS) is 19.6. The molecule has 1 aromatic carbocycles. The van der Waals surface area contributed by atoms with Crippen LogP contribution in [-0.4, -0.2) is 67.6 Å². The minimum atomic E-state index is -0.951. The number of tetrazole rings is 1. The molecule has 1 aromatic heterocycles. The molecule has 30 heavy (non-hydrogen) atoms. The summed E-state index contributed by atoms with van der Waals surface area (Å²) in [6, 6.07) is 5.24. The SMILES string of the molecule is COC(=O)C(c1ccccc1F)N1CCC(S)C(=Cc2nnn(CCC(=O)O)n2)C1. The van der Waals surface area contributed by atoms with Gasteiger partial charge in [-0.05, 0) is 29.3 Å². The van der Waals surface area contributed by atoms with E-state index in [1.807, 2.05) is 4.90 Å². The van der Waals surface area contributed by atoms with Gasteiger partial charge in [0, 0.05) is 23.9 Å². The number of esters is 1. The van der Waals surface area contributed by atoms with E-state index in [0.717, 1.165) is 5.57 Å². The second-order valence-corrected chi connectivity index (χ2v) is 7.45. The lowest BCUT2D eigenvalue weighted by Crippen LogP contribution is -2.42. The van der Waals surface area contributed by atoms with Gasteiger partial charge in [0.05, 0.1) is 20.1 Å². The number of aromatic nitrogens is 4. The molecule has 160 valence electrons. The number of thiol groups is 1. The number of hydrogen-bond acceptors (Lipinski definition) is 8. The van der Waals surface area contributed by atoms with Gasteiger partial charge in [0.25, 0.3) is 0 Å². The standard InChI is InChI=1S/C19H22FN5O4S/c1-29-19(28)18(13-4-2-3-5-14(13)20)24-8-6-15(30)12(11-24)10-16-21-23-25(22-16)9-7-17(26)27/h2-5,10,15,18,30H,6-9,11H2,1H3,(H,26,27). The summed E-state index contributed by atoms with van der Waals surface area (Å²) < 4.78 is 19.3. The first kappa shape index (κ1) is 21.9. The predicted octanol–water partition coefficient (Wildman–Crippen LogP) is 1.59. The zero-order chi connectivity index (χ0) is 21.7. The van der Waals surface area contributed by atoms with Crippen LogP contribution in [0.4, 0.5) is 4.39 Å². The Morgan fingerprint density at radius 2 is 2.20 bits per heavy atom. The third kappa shape index (κ3) is 5.22. The average Bonchev–Trinajstić information content (AvgIpc) is 3.17. The van der Waals surface area contributed by atoms with Gasteiger partial charge in [0.1, 0.15) is 11.9 Å². The highest BCUT2D eigenvalue weighted by Gasteiger charge is 2.34. The molecule has 0 bridgehead atoms. The van der Waals surface area contributed by atoms with Crippen molar-refractivity contribution in [1.29, 1.82) is 0 Å². The Hall–Kier alpha value is -2.79. The monoisotopic (exact) mass is 435 g/mol. The van der Waals surface area contributed by atoms with Crippen LogP contribution in [0.25, 0.3) is 6.08 Å². The average molecular weight is 435 g/mol. The number of nitrogens with zero attached hydrogens (tertiary/aromatic N) is 5. The summed E-state index contributed by atoms with van der Waals surface area (Å²) >= 11 is 4.61. The summed E-state index contributed by atoms with van der Waals surface area (Å²) in [5, 5.41) is 20.6. The van der Waals surface area contributed by atoms with Gasteiger partial charge in [-0.1, -0.05) is 18.2 Å². The summed E-state index contributed by atoms with van der Waals surface area (Å²) in [4.78, 5) is 26.2. The number of carbonyl (C=O) groups excluding carboxylic acids is 1. The maximum absolute atomic E-state index is 14.4. The number of carboxylic acids is 1. The van der Waals surface area contributed by atoms with Crippen LogP contribution in [0.1, 0.15) is 30.3 Å². The van der Waals surface area contributed by atoms with E-state index in [2.05, 4.69) is 28.0 Å². The first-order valence-corrected chi connectivity index (χ1v) is 9.85. The second-order valence-electron chi connectivity index (χ2n) is 6.83. The van der Waals surface area contributed by atoms with Gasteiger partial charge in [0.2, 0.25) is 0 Å². The van der Waals surface area contributed by atoms with Gasteiger partial charge in [-0.3, -0.25) is 9.69 Å². The molecule has 1 N–H and O–H groups in total. The fourth-order valence-electron chi connectivity index (χ4n) is 3.31. The largest absolute Gasteiger partial charge is 0.481 e. The Balaban J connectivity index is 1.83. The van der Waals surface area contributed by atoms with Gasteiger partial charge in [0.15, 0.2) is 5.82 Å². The van der Waals surface area contributed by atoms with Crippen molar-refractivity contribution in [3.8, 4) is 0 Å². The van der Waals surface area contributed by atoms with Crippen LogP contribution >= 0.6 is 12.6 Å². The highest BCUT2D eigenvalue weighted by Crippen LogP contribution is 2.31. The molecule has 2 unspecified atom stereocenters. The van der Waals surface area contributed by atoms with E-state index in [1.165, 1.54) is 18.0 Å². The Morgan fingerprint density at radius 3 is 2.90 bits per heavy atom. The van der Waals surface area contributed by atoms with Crippen molar-refractivity contribution in [3.63, 3.8) is 0 Å². The lowest BCUT2D eigenvalue weighted by atomic mass is 9.98. The fourth-order valence-corrected chi connectivity index (χ4v) is 3.58. The number of hydrogen-bond donors (Lipinski definition) is 2. The second kappa shape index (κ2) is 9.81. The highest BCUT2D eigenvalue weighted by molar-refractivity contribution is 7.81. The Labute approximate surface area is 177 Å². The molecule has 1 aliphatic heterocycles. The molecule has 0 radical (unpaired) electrons. The number of rotatable bonds is 7. The zero-order valence-corrected chi connectivity index (χ0v) is 17.2. The molecular formula is C19H22FN5O4S. The Morgan fingerprint density at radius 1 is 1.43 bits per heavy atom. The van der Waals surface area contributed by atoms with Crippen molar-refractivity contribution >= 4 is 30.6 Å².